The SMILES string of the molecule is CCCS(=O)(=O)[C@H](C)C(=O)Nc1nc2cc(Cl)ccc2n1C. The number of halogens is 1. The van der Waals surface area contributed by atoms with E-state index in [-0.39, 0.29) is 5.75 Å². The van der Waals surface area contributed by atoms with E-state index in [9.17, 15) is 13.2 Å². The quantitative estimate of drug-likeness (QED) is 0.903. The minimum absolute atomic E-state index is 0.0142. The van der Waals surface area contributed by atoms with E-state index in [1.807, 2.05) is 0 Å². The molecule has 0 aliphatic heterocycles. The molecule has 0 aliphatic rings. The molecule has 22 heavy (non-hydrogen) atoms. The van der Waals surface area contributed by atoms with Crippen molar-refractivity contribution < 1.29 is 13.2 Å². The third-order valence-corrected chi connectivity index (χ3v) is 5.98. The Kier molecular flexibility index (Phi) is 4.77. The molecular weight excluding hydrogens is 326 g/mol. The van der Waals surface area contributed by atoms with Crippen molar-refractivity contribution in [2.75, 3.05) is 11.1 Å². The van der Waals surface area contributed by atoms with Gasteiger partial charge < -0.3 is 4.57 Å². The van der Waals surface area contributed by atoms with Crippen molar-refractivity contribution in [3.05, 3.63) is 23.2 Å². The topological polar surface area (TPSA) is 81.1 Å². The highest BCUT2D eigenvalue weighted by molar-refractivity contribution is 7.92. The van der Waals surface area contributed by atoms with Crippen LogP contribution in [0.3, 0.4) is 0 Å². The van der Waals surface area contributed by atoms with Crippen LogP contribution < -0.4 is 5.32 Å². The van der Waals surface area contributed by atoms with Crippen molar-refractivity contribution in [3.8, 4) is 0 Å². The largest absolute Gasteiger partial charge is 0.313 e. The van der Waals surface area contributed by atoms with Gasteiger partial charge in [-0.15, -0.1) is 0 Å². The lowest BCUT2D eigenvalue weighted by Gasteiger charge is -2.12. The molecule has 1 aromatic carbocycles. The minimum atomic E-state index is -3.45. The van der Waals surface area contributed by atoms with Crippen LogP contribution in [0.15, 0.2) is 18.2 Å². The summed E-state index contributed by atoms with van der Waals surface area (Å²) in [5.74, 6) is -0.307. The van der Waals surface area contributed by atoms with E-state index in [0.717, 1.165) is 5.52 Å². The number of hydrogen-bond acceptors (Lipinski definition) is 4. The smallest absolute Gasteiger partial charge is 0.244 e. The Morgan fingerprint density at radius 3 is 2.77 bits per heavy atom. The third kappa shape index (κ3) is 3.25. The second-order valence-corrected chi connectivity index (χ2v) is 8.00. The average Bonchev–Trinajstić information content (AvgIpc) is 2.73. The number of amides is 1. The summed E-state index contributed by atoms with van der Waals surface area (Å²) in [5, 5.41) is 2.00. The van der Waals surface area contributed by atoms with E-state index < -0.39 is 21.0 Å². The number of fused-ring (bicyclic) bond motifs is 1. The minimum Gasteiger partial charge on any atom is -0.313 e. The fourth-order valence-electron chi connectivity index (χ4n) is 2.12. The number of carbonyl (C=O) groups excluding carboxylic acids is 1. The van der Waals surface area contributed by atoms with Gasteiger partial charge in [0.25, 0.3) is 0 Å². The molecule has 1 aromatic heterocycles. The van der Waals surface area contributed by atoms with Crippen molar-refractivity contribution in [1.82, 2.24) is 9.55 Å². The first-order chi connectivity index (χ1) is 10.3. The zero-order valence-corrected chi connectivity index (χ0v) is 14.2. The van der Waals surface area contributed by atoms with Gasteiger partial charge in [-0.2, -0.15) is 0 Å². The summed E-state index contributed by atoms with van der Waals surface area (Å²) in [4.78, 5) is 16.4. The molecule has 0 saturated carbocycles. The van der Waals surface area contributed by atoms with Crippen LogP contribution in [-0.4, -0.2) is 34.9 Å². The predicted octanol–water partition coefficient (Wildman–Crippen LogP) is 2.38. The monoisotopic (exact) mass is 343 g/mol. The van der Waals surface area contributed by atoms with Gasteiger partial charge in [0.2, 0.25) is 11.9 Å². The van der Waals surface area contributed by atoms with E-state index in [1.54, 1.807) is 36.7 Å². The molecule has 0 spiro atoms. The van der Waals surface area contributed by atoms with E-state index in [2.05, 4.69) is 10.3 Å². The highest BCUT2D eigenvalue weighted by atomic mass is 35.5. The Bertz CT molecular complexity index is 814. The number of nitrogens with zero attached hydrogens (tertiary/aromatic N) is 2. The molecule has 1 atom stereocenters. The molecule has 2 aromatic rings. The van der Waals surface area contributed by atoms with Gasteiger partial charge in [0, 0.05) is 12.1 Å². The Morgan fingerprint density at radius 2 is 2.14 bits per heavy atom. The van der Waals surface area contributed by atoms with E-state index in [1.165, 1.54) is 6.92 Å². The number of imidazole rings is 1. The lowest BCUT2D eigenvalue weighted by Crippen LogP contribution is -2.34. The number of aryl methyl sites for hydroxylation is 1. The molecule has 0 fully saturated rings. The molecule has 1 N–H and O–H groups in total. The summed E-state index contributed by atoms with van der Waals surface area (Å²) in [6, 6.07) is 5.20. The maximum Gasteiger partial charge on any atom is 0.244 e. The number of carbonyl (C=O) groups is 1. The summed E-state index contributed by atoms with van der Waals surface area (Å²) in [6.07, 6.45) is 0.477. The van der Waals surface area contributed by atoms with E-state index >= 15 is 0 Å². The maximum absolute atomic E-state index is 12.2. The lowest BCUT2D eigenvalue weighted by atomic mass is 10.3. The number of anilines is 1. The summed E-state index contributed by atoms with van der Waals surface area (Å²) < 4.78 is 25.6. The van der Waals surface area contributed by atoms with Gasteiger partial charge in [-0.25, -0.2) is 13.4 Å². The molecule has 8 heteroatoms. The number of aromatic nitrogens is 2. The van der Waals surface area contributed by atoms with Gasteiger partial charge in [0.15, 0.2) is 9.84 Å². The fraction of sp³-hybridized carbons (Fsp3) is 0.429. The van der Waals surface area contributed by atoms with Crippen LogP contribution in [-0.2, 0) is 21.7 Å². The number of rotatable bonds is 5. The van der Waals surface area contributed by atoms with E-state index in [0.29, 0.717) is 22.9 Å². The highest BCUT2D eigenvalue weighted by Gasteiger charge is 2.28. The maximum atomic E-state index is 12.2. The van der Waals surface area contributed by atoms with Crippen molar-refractivity contribution >= 4 is 44.3 Å². The van der Waals surface area contributed by atoms with Crippen LogP contribution in [0.1, 0.15) is 20.3 Å². The first-order valence-electron chi connectivity index (χ1n) is 6.90. The number of hydrogen-bond donors (Lipinski definition) is 1. The Labute approximate surface area is 134 Å². The normalized spacial score (nSPS) is 13.3. The molecule has 1 heterocycles. The molecule has 120 valence electrons. The lowest BCUT2D eigenvalue weighted by molar-refractivity contribution is -0.115. The Morgan fingerprint density at radius 1 is 1.45 bits per heavy atom. The van der Waals surface area contributed by atoms with Crippen LogP contribution >= 0.6 is 11.6 Å². The third-order valence-electron chi connectivity index (χ3n) is 3.47. The predicted molar refractivity (Wildman–Crippen MR) is 87.9 cm³/mol. The first kappa shape index (κ1) is 16.8. The first-order valence-corrected chi connectivity index (χ1v) is 9.00. The molecular formula is C14H18ClN3O3S. The molecule has 6 nitrogen and oxygen atoms in total. The second kappa shape index (κ2) is 6.26. The average molecular weight is 344 g/mol. The van der Waals surface area contributed by atoms with Gasteiger partial charge in [-0.1, -0.05) is 18.5 Å². The second-order valence-electron chi connectivity index (χ2n) is 5.13. The molecule has 0 saturated heterocycles. The van der Waals surface area contributed by atoms with Crippen molar-refractivity contribution in [2.45, 2.75) is 25.5 Å². The molecule has 0 bridgehead atoms. The fourth-order valence-corrected chi connectivity index (χ4v) is 3.59. The molecule has 0 unspecified atom stereocenters. The highest BCUT2D eigenvalue weighted by Crippen LogP contribution is 2.22. The molecule has 2 rings (SSSR count). The summed E-state index contributed by atoms with van der Waals surface area (Å²) >= 11 is 5.92. The van der Waals surface area contributed by atoms with Crippen molar-refractivity contribution in [3.63, 3.8) is 0 Å². The van der Waals surface area contributed by atoms with Crippen LogP contribution in [0.25, 0.3) is 11.0 Å². The Hall–Kier alpha value is -1.60. The zero-order chi connectivity index (χ0) is 16.5. The van der Waals surface area contributed by atoms with Crippen LogP contribution in [0.4, 0.5) is 5.95 Å². The standard InChI is InChI=1S/C14H18ClN3O3S/c1-4-7-22(20,21)9(2)13(19)17-14-16-11-8-10(15)5-6-12(11)18(14)3/h5-6,8-9H,4,7H2,1-3H3,(H,16,17,19)/t9-/m1/s1. The number of nitrogens with one attached hydrogen (secondary N) is 1. The van der Waals surface area contributed by atoms with Crippen molar-refractivity contribution in [2.24, 2.45) is 7.05 Å². The Balaban J connectivity index is 2.27. The molecule has 0 radical (unpaired) electrons. The summed E-state index contributed by atoms with van der Waals surface area (Å²) in [6.45, 7) is 3.15. The van der Waals surface area contributed by atoms with Crippen LogP contribution in [0.5, 0.6) is 0 Å². The van der Waals surface area contributed by atoms with Crippen LogP contribution in [0, 0.1) is 0 Å². The van der Waals surface area contributed by atoms with Gasteiger partial charge in [0.1, 0.15) is 5.25 Å². The molecule has 0 aliphatic carbocycles. The molecule has 1 amide bonds. The van der Waals surface area contributed by atoms with E-state index in [4.69, 9.17) is 11.6 Å². The number of benzene rings is 1. The van der Waals surface area contributed by atoms with Crippen LogP contribution in [0.2, 0.25) is 5.02 Å². The number of sulfone groups is 1. The van der Waals surface area contributed by atoms with Gasteiger partial charge >= 0.3 is 0 Å². The summed E-state index contributed by atoms with van der Waals surface area (Å²) in [5.41, 5.74) is 1.43. The van der Waals surface area contributed by atoms with Crippen molar-refractivity contribution in [1.29, 1.82) is 0 Å². The van der Waals surface area contributed by atoms with Gasteiger partial charge in [0.05, 0.1) is 16.8 Å². The zero-order valence-electron chi connectivity index (χ0n) is 12.6. The summed E-state index contributed by atoms with van der Waals surface area (Å²) in [7, 11) is -1.71. The van der Waals surface area contributed by atoms with Gasteiger partial charge in [-0.3, -0.25) is 10.1 Å². The van der Waals surface area contributed by atoms with Gasteiger partial charge in [-0.05, 0) is 31.5 Å².